The highest BCUT2D eigenvalue weighted by atomic mass is 16.4. The molecule has 1 heterocycles. The summed E-state index contributed by atoms with van der Waals surface area (Å²) in [5.41, 5.74) is 1.53. The summed E-state index contributed by atoms with van der Waals surface area (Å²) in [6, 6.07) is 6.61. The number of nitrogens with one attached hydrogen (secondary N) is 1. The second kappa shape index (κ2) is 6.22. The lowest BCUT2D eigenvalue weighted by atomic mass is 9.59. The molecular weight excluding hydrogens is 292 g/mol. The molecule has 1 saturated heterocycles. The third-order valence-electron chi connectivity index (χ3n) is 5.66. The van der Waals surface area contributed by atoms with E-state index in [1.54, 1.807) is 24.3 Å². The average Bonchev–Trinajstić information content (AvgIpc) is 2.52. The number of carboxylic acid groups (broad SMARTS) is 1. The van der Waals surface area contributed by atoms with Gasteiger partial charge < -0.3 is 15.3 Å². The van der Waals surface area contributed by atoms with E-state index in [0.29, 0.717) is 17.9 Å². The number of urea groups is 1. The van der Waals surface area contributed by atoms with Crippen LogP contribution in [0.1, 0.15) is 48.5 Å². The number of benzene rings is 1. The molecule has 5 nitrogen and oxygen atoms in total. The highest BCUT2D eigenvalue weighted by Gasteiger charge is 2.46. The summed E-state index contributed by atoms with van der Waals surface area (Å²) in [6.45, 7) is 4.45. The van der Waals surface area contributed by atoms with Crippen LogP contribution in [0.25, 0.3) is 0 Å². The zero-order chi connectivity index (χ0) is 16.4. The third kappa shape index (κ3) is 3.19. The Morgan fingerprint density at radius 1 is 1.30 bits per heavy atom. The van der Waals surface area contributed by atoms with Crippen LogP contribution in [0.5, 0.6) is 0 Å². The van der Waals surface area contributed by atoms with Gasteiger partial charge in [0.25, 0.3) is 0 Å². The van der Waals surface area contributed by atoms with Crippen molar-refractivity contribution in [2.75, 3.05) is 13.1 Å². The summed E-state index contributed by atoms with van der Waals surface area (Å²) < 4.78 is 0. The smallest absolute Gasteiger partial charge is 0.335 e. The van der Waals surface area contributed by atoms with Gasteiger partial charge in [-0.25, -0.2) is 9.59 Å². The number of piperidine rings is 1. The standard InChI is InChI=1S/C18H24N2O3/c1-13-7-10-20(12-18(13)8-2-9-18)17(23)19-11-14-3-5-15(6-4-14)16(21)22/h3-6,13H,2,7-12H2,1H3,(H,19,23)(H,21,22). The van der Waals surface area contributed by atoms with E-state index in [0.717, 1.165) is 25.1 Å². The lowest BCUT2D eigenvalue weighted by molar-refractivity contribution is -0.0129. The summed E-state index contributed by atoms with van der Waals surface area (Å²) in [7, 11) is 0. The predicted molar refractivity (Wildman–Crippen MR) is 87.3 cm³/mol. The van der Waals surface area contributed by atoms with Gasteiger partial charge in [0.2, 0.25) is 0 Å². The maximum absolute atomic E-state index is 12.4. The number of carbonyl (C=O) groups is 2. The normalized spacial score (nSPS) is 22.5. The predicted octanol–water partition coefficient (Wildman–Crippen LogP) is 3.11. The molecule has 2 fully saturated rings. The van der Waals surface area contributed by atoms with E-state index < -0.39 is 5.97 Å². The second-order valence-corrected chi connectivity index (χ2v) is 6.99. The Labute approximate surface area is 136 Å². The third-order valence-corrected chi connectivity index (χ3v) is 5.66. The topological polar surface area (TPSA) is 69.6 Å². The summed E-state index contributed by atoms with van der Waals surface area (Å²) in [5, 5.41) is 11.8. The largest absolute Gasteiger partial charge is 0.478 e. The zero-order valence-electron chi connectivity index (χ0n) is 13.5. The lowest BCUT2D eigenvalue weighted by Gasteiger charge is -2.53. The number of carbonyl (C=O) groups excluding carboxylic acids is 1. The Balaban J connectivity index is 1.54. The zero-order valence-corrected chi connectivity index (χ0v) is 13.5. The van der Waals surface area contributed by atoms with Crippen LogP contribution in [0.15, 0.2) is 24.3 Å². The highest BCUT2D eigenvalue weighted by Crippen LogP contribution is 2.50. The molecule has 0 radical (unpaired) electrons. The average molecular weight is 316 g/mol. The Bertz CT molecular complexity index is 593. The van der Waals surface area contributed by atoms with E-state index in [1.807, 2.05) is 4.90 Å². The van der Waals surface area contributed by atoms with Crippen molar-refractivity contribution in [2.45, 2.75) is 39.2 Å². The summed E-state index contributed by atoms with van der Waals surface area (Å²) in [4.78, 5) is 25.2. The van der Waals surface area contributed by atoms with Crippen molar-refractivity contribution in [1.82, 2.24) is 10.2 Å². The molecule has 3 rings (SSSR count). The van der Waals surface area contributed by atoms with E-state index in [2.05, 4.69) is 12.2 Å². The highest BCUT2D eigenvalue weighted by molar-refractivity contribution is 5.87. The first kappa shape index (κ1) is 15.8. The van der Waals surface area contributed by atoms with Gasteiger partial charge in [-0.1, -0.05) is 25.5 Å². The fourth-order valence-electron chi connectivity index (χ4n) is 3.78. The summed E-state index contributed by atoms with van der Waals surface area (Å²) >= 11 is 0. The van der Waals surface area contributed by atoms with Crippen LogP contribution in [-0.2, 0) is 6.54 Å². The molecule has 5 heteroatoms. The van der Waals surface area contributed by atoms with Crippen LogP contribution in [-0.4, -0.2) is 35.1 Å². The molecule has 2 N–H and O–H groups in total. The molecule has 1 atom stereocenters. The van der Waals surface area contributed by atoms with E-state index in [-0.39, 0.29) is 11.6 Å². The maximum atomic E-state index is 12.4. The minimum atomic E-state index is -0.936. The molecule has 1 aliphatic heterocycles. The van der Waals surface area contributed by atoms with Gasteiger partial charge in [0.1, 0.15) is 0 Å². The molecule has 1 aromatic carbocycles. The van der Waals surface area contributed by atoms with Gasteiger partial charge in [-0.2, -0.15) is 0 Å². The number of amides is 2. The second-order valence-electron chi connectivity index (χ2n) is 6.99. The van der Waals surface area contributed by atoms with Crippen LogP contribution in [0.4, 0.5) is 4.79 Å². The van der Waals surface area contributed by atoms with Crippen molar-refractivity contribution in [1.29, 1.82) is 0 Å². The molecule has 124 valence electrons. The van der Waals surface area contributed by atoms with Crippen molar-refractivity contribution in [3.05, 3.63) is 35.4 Å². The monoisotopic (exact) mass is 316 g/mol. The van der Waals surface area contributed by atoms with Crippen molar-refractivity contribution in [3.63, 3.8) is 0 Å². The Morgan fingerprint density at radius 2 is 2.00 bits per heavy atom. The first-order valence-electron chi connectivity index (χ1n) is 8.35. The number of carboxylic acids is 1. The molecule has 0 bridgehead atoms. The van der Waals surface area contributed by atoms with Crippen LogP contribution in [0.3, 0.4) is 0 Å². The number of nitrogens with zero attached hydrogens (tertiary/aromatic N) is 1. The van der Waals surface area contributed by atoms with E-state index in [4.69, 9.17) is 5.11 Å². The molecule has 0 aromatic heterocycles. The van der Waals surface area contributed by atoms with E-state index in [9.17, 15) is 9.59 Å². The number of rotatable bonds is 3. The SMILES string of the molecule is CC1CCN(C(=O)NCc2ccc(C(=O)O)cc2)CC12CCC2. The van der Waals surface area contributed by atoms with Gasteiger partial charge in [-0.15, -0.1) is 0 Å². The minimum Gasteiger partial charge on any atom is -0.478 e. The molecule has 1 unspecified atom stereocenters. The summed E-state index contributed by atoms with van der Waals surface area (Å²) in [6.07, 6.45) is 4.86. The van der Waals surface area contributed by atoms with E-state index >= 15 is 0 Å². The molecule has 2 amide bonds. The number of hydrogen-bond donors (Lipinski definition) is 2. The van der Waals surface area contributed by atoms with Gasteiger partial charge in [0.15, 0.2) is 0 Å². The van der Waals surface area contributed by atoms with Gasteiger partial charge in [-0.3, -0.25) is 0 Å². The lowest BCUT2D eigenvalue weighted by Crippen LogP contribution is -2.55. The van der Waals surface area contributed by atoms with Crippen LogP contribution in [0, 0.1) is 11.3 Å². The molecule has 1 saturated carbocycles. The van der Waals surface area contributed by atoms with Gasteiger partial charge in [0.05, 0.1) is 5.56 Å². The minimum absolute atomic E-state index is 0.00881. The number of aromatic carboxylic acids is 1. The Hall–Kier alpha value is -2.04. The Kier molecular flexibility index (Phi) is 4.28. The fraction of sp³-hybridized carbons (Fsp3) is 0.556. The van der Waals surface area contributed by atoms with Crippen LogP contribution in [0.2, 0.25) is 0 Å². The van der Waals surface area contributed by atoms with Gasteiger partial charge in [-0.05, 0) is 48.3 Å². The molecule has 23 heavy (non-hydrogen) atoms. The maximum Gasteiger partial charge on any atom is 0.335 e. The van der Waals surface area contributed by atoms with Gasteiger partial charge >= 0.3 is 12.0 Å². The van der Waals surface area contributed by atoms with Gasteiger partial charge in [0, 0.05) is 19.6 Å². The van der Waals surface area contributed by atoms with E-state index in [1.165, 1.54) is 19.3 Å². The van der Waals surface area contributed by atoms with Crippen molar-refractivity contribution in [3.8, 4) is 0 Å². The first-order valence-corrected chi connectivity index (χ1v) is 8.35. The number of hydrogen-bond acceptors (Lipinski definition) is 2. The first-order chi connectivity index (χ1) is 11.0. The fourth-order valence-corrected chi connectivity index (χ4v) is 3.78. The van der Waals surface area contributed by atoms with Crippen molar-refractivity contribution in [2.24, 2.45) is 11.3 Å². The molecule has 1 aromatic rings. The Morgan fingerprint density at radius 3 is 2.57 bits per heavy atom. The molecule has 1 aliphatic carbocycles. The molecular formula is C18H24N2O3. The number of likely N-dealkylation sites (tertiary alicyclic amines) is 1. The van der Waals surface area contributed by atoms with Crippen LogP contribution < -0.4 is 5.32 Å². The van der Waals surface area contributed by atoms with Crippen LogP contribution >= 0.6 is 0 Å². The van der Waals surface area contributed by atoms with Crippen molar-refractivity contribution < 1.29 is 14.7 Å². The summed E-state index contributed by atoms with van der Waals surface area (Å²) in [5.74, 6) is -0.224. The molecule has 1 spiro atoms. The van der Waals surface area contributed by atoms with Crippen molar-refractivity contribution >= 4 is 12.0 Å². The quantitative estimate of drug-likeness (QED) is 0.900. The molecule has 2 aliphatic rings.